The average molecular weight is 203 g/mol. The van der Waals surface area contributed by atoms with Crippen molar-refractivity contribution in [2.45, 2.75) is 0 Å². The molecular weight excluding hydrogens is 196 g/mol. The van der Waals surface area contributed by atoms with Gasteiger partial charge in [-0.05, 0) is 18.2 Å². The molecule has 3 nitrogen and oxygen atoms in total. The molecular formula is C10H7N2OS. The van der Waals surface area contributed by atoms with Crippen molar-refractivity contribution < 1.29 is 4.79 Å². The minimum atomic E-state index is -0.156. The molecule has 1 N–H and O–H groups in total. The molecule has 0 aliphatic carbocycles. The Morgan fingerprint density at radius 3 is 3.14 bits per heavy atom. The van der Waals surface area contributed by atoms with Crippen LogP contribution in [0.4, 0.5) is 5.13 Å². The molecule has 69 valence electrons. The zero-order chi connectivity index (χ0) is 9.80. The molecule has 1 amide bonds. The highest BCUT2D eigenvalue weighted by molar-refractivity contribution is 7.13. The van der Waals surface area contributed by atoms with E-state index < -0.39 is 0 Å². The maximum Gasteiger partial charge on any atom is 0.257 e. The summed E-state index contributed by atoms with van der Waals surface area (Å²) in [6.07, 6.45) is 1.65. The molecule has 0 saturated carbocycles. The fourth-order valence-electron chi connectivity index (χ4n) is 0.989. The zero-order valence-corrected chi connectivity index (χ0v) is 8.04. The van der Waals surface area contributed by atoms with Gasteiger partial charge >= 0.3 is 0 Å². The number of nitrogens with zero attached hydrogens (tertiary/aromatic N) is 1. The van der Waals surface area contributed by atoms with Crippen LogP contribution >= 0.6 is 11.3 Å². The monoisotopic (exact) mass is 203 g/mol. The number of hydrogen-bond acceptors (Lipinski definition) is 3. The van der Waals surface area contributed by atoms with Gasteiger partial charge in [0.25, 0.3) is 5.91 Å². The van der Waals surface area contributed by atoms with Gasteiger partial charge in [-0.1, -0.05) is 12.1 Å². The van der Waals surface area contributed by atoms with Crippen molar-refractivity contribution in [1.82, 2.24) is 4.98 Å². The number of rotatable bonds is 2. The molecule has 0 fully saturated rings. The highest BCUT2D eigenvalue weighted by atomic mass is 32.1. The van der Waals surface area contributed by atoms with Crippen molar-refractivity contribution >= 4 is 22.4 Å². The molecule has 0 atom stereocenters. The van der Waals surface area contributed by atoms with Crippen molar-refractivity contribution in [3.8, 4) is 0 Å². The first-order valence-corrected chi connectivity index (χ1v) is 4.91. The van der Waals surface area contributed by atoms with Crippen LogP contribution in [0.25, 0.3) is 0 Å². The van der Waals surface area contributed by atoms with E-state index >= 15 is 0 Å². The van der Waals surface area contributed by atoms with Gasteiger partial charge in [-0.15, -0.1) is 11.3 Å². The molecule has 1 heterocycles. The number of carbonyl (C=O) groups excluding carboxylic acids is 1. The van der Waals surface area contributed by atoms with Crippen LogP contribution in [0.15, 0.2) is 35.8 Å². The van der Waals surface area contributed by atoms with E-state index in [-0.39, 0.29) is 5.91 Å². The number of anilines is 1. The van der Waals surface area contributed by atoms with Crippen LogP contribution in [0.1, 0.15) is 10.4 Å². The summed E-state index contributed by atoms with van der Waals surface area (Å²) < 4.78 is 0. The minimum absolute atomic E-state index is 0.156. The van der Waals surface area contributed by atoms with Crippen LogP contribution in [0, 0.1) is 6.07 Å². The molecule has 0 saturated heterocycles. The molecule has 1 aromatic carbocycles. The fraction of sp³-hybridized carbons (Fsp3) is 0. The lowest BCUT2D eigenvalue weighted by Crippen LogP contribution is -2.11. The Morgan fingerprint density at radius 1 is 1.57 bits per heavy atom. The van der Waals surface area contributed by atoms with Gasteiger partial charge in [0, 0.05) is 17.1 Å². The van der Waals surface area contributed by atoms with E-state index in [2.05, 4.69) is 16.4 Å². The standard InChI is InChI=1S/C10H7N2OS/c13-9(8-4-2-1-3-5-8)12-10-11-6-7-14-10/h1-2,4-7H,(H,11,12,13). The van der Waals surface area contributed by atoms with Crippen molar-refractivity contribution in [1.29, 1.82) is 0 Å². The van der Waals surface area contributed by atoms with Gasteiger partial charge in [0.2, 0.25) is 0 Å². The molecule has 0 bridgehead atoms. The SMILES string of the molecule is O=C(Nc1nccs1)c1c[c]ccc1. The summed E-state index contributed by atoms with van der Waals surface area (Å²) in [6.45, 7) is 0. The highest BCUT2D eigenvalue weighted by Gasteiger charge is 2.05. The smallest absolute Gasteiger partial charge is 0.257 e. The number of aromatic nitrogens is 1. The Hall–Kier alpha value is -1.68. The van der Waals surface area contributed by atoms with E-state index in [9.17, 15) is 4.79 Å². The van der Waals surface area contributed by atoms with Crippen molar-refractivity contribution in [2.75, 3.05) is 5.32 Å². The van der Waals surface area contributed by atoms with E-state index in [0.717, 1.165) is 0 Å². The number of hydrogen-bond donors (Lipinski definition) is 1. The molecule has 2 aromatic rings. The summed E-state index contributed by atoms with van der Waals surface area (Å²) in [7, 11) is 0. The second-order valence-electron chi connectivity index (χ2n) is 2.58. The largest absolute Gasteiger partial charge is 0.298 e. The molecule has 0 spiro atoms. The Morgan fingerprint density at radius 2 is 2.50 bits per heavy atom. The molecule has 14 heavy (non-hydrogen) atoms. The predicted octanol–water partition coefficient (Wildman–Crippen LogP) is 2.20. The first-order chi connectivity index (χ1) is 6.86. The zero-order valence-electron chi connectivity index (χ0n) is 7.23. The van der Waals surface area contributed by atoms with Crippen LogP contribution < -0.4 is 5.32 Å². The molecule has 2 rings (SSSR count). The van der Waals surface area contributed by atoms with Crippen molar-refractivity contribution in [3.05, 3.63) is 47.5 Å². The molecule has 0 aliphatic rings. The quantitative estimate of drug-likeness (QED) is 0.813. The Balaban J connectivity index is 2.11. The van der Waals surface area contributed by atoms with Gasteiger partial charge in [0.1, 0.15) is 0 Å². The van der Waals surface area contributed by atoms with Gasteiger partial charge in [-0.2, -0.15) is 0 Å². The lowest BCUT2D eigenvalue weighted by atomic mass is 10.2. The van der Waals surface area contributed by atoms with Crippen LogP contribution in [0.2, 0.25) is 0 Å². The molecule has 0 unspecified atom stereocenters. The first kappa shape index (κ1) is 8.90. The molecule has 1 radical (unpaired) electrons. The summed E-state index contributed by atoms with van der Waals surface area (Å²) in [6, 6.07) is 9.75. The van der Waals surface area contributed by atoms with Gasteiger partial charge < -0.3 is 0 Å². The summed E-state index contributed by atoms with van der Waals surface area (Å²) >= 11 is 1.39. The maximum absolute atomic E-state index is 11.5. The van der Waals surface area contributed by atoms with E-state index in [0.29, 0.717) is 10.7 Å². The second-order valence-corrected chi connectivity index (χ2v) is 3.48. The third kappa shape index (κ3) is 1.97. The third-order valence-corrected chi connectivity index (χ3v) is 2.31. The van der Waals surface area contributed by atoms with Gasteiger partial charge in [0.05, 0.1) is 0 Å². The minimum Gasteiger partial charge on any atom is -0.298 e. The Labute approximate surface area is 85.4 Å². The van der Waals surface area contributed by atoms with Gasteiger partial charge in [-0.3, -0.25) is 10.1 Å². The van der Waals surface area contributed by atoms with Crippen LogP contribution in [0.3, 0.4) is 0 Å². The fourth-order valence-corrected chi connectivity index (χ4v) is 1.51. The van der Waals surface area contributed by atoms with Gasteiger partial charge in [0.15, 0.2) is 5.13 Å². The Kier molecular flexibility index (Phi) is 2.55. The lowest BCUT2D eigenvalue weighted by molar-refractivity contribution is 0.102. The number of benzene rings is 1. The topological polar surface area (TPSA) is 42.0 Å². The molecule has 4 heteroatoms. The maximum atomic E-state index is 11.5. The third-order valence-electron chi connectivity index (χ3n) is 1.62. The van der Waals surface area contributed by atoms with Crippen LogP contribution in [-0.4, -0.2) is 10.9 Å². The van der Waals surface area contributed by atoms with E-state index in [1.807, 2.05) is 5.38 Å². The normalized spacial score (nSPS) is 9.71. The second kappa shape index (κ2) is 4.02. The van der Waals surface area contributed by atoms with E-state index in [1.165, 1.54) is 11.3 Å². The number of nitrogens with one attached hydrogen (secondary N) is 1. The number of amides is 1. The van der Waals surface area contributed by atoms with Crippen LogP contribution in [-0.2, 0) is 0 Å². The summed E-state index contributed by atoms with van der Waals surface area (Å²) in [5, 5.41) is 5.11. The van der Waals surface area contributed by atoms with Crippen LogP contribution in [0.5, 0.6) is 0 Å². The highest BCUT2D eigenvalue weighted by Crippen LogP contribution is 2.11. The van der Waals surface area contributed by atoms with E-state index in [1.54, 1.807) is 30.5 Å². The predicted molar refractivity (Wildman–Crippen MR) is 55.3 cm³/mol. The lowest BCUT2D eigenvalue weighted by Gasteiger charge is -1.99. The van der Waals surface area contributed by atoms with E-state index in [4.69, 9.17) is 0 Å². The van der Waals surface area contributed by atoms with Crippen molar-refractivity contribution in [3.63, 3.8) is 0 Å². The number of thiazole rings is 1. The van der Waals surface area contributed by atoms with Gasteiger partial charge in [-0.25, -0.2) is 4.98 Å². The molecule has 0 aliphatic heterocycles. The van der Waals surface area contributed by atoms with Crippen molar-refractivity contribution in [2.24, 2.45) is 0 Å². The number of carbonyl (C=O) groups is 1. The Bertz CT molecular complexity index is 411. The summed E-state index contributed by atoms with van der Waals surface area (Å²) in [5.41, 5.74) is 0.586. The molecule has 1 aromatic heterocycles. The summed E-state index contributed by atoms with van der Waals surface area (Å²) in [4.78, 5) is 15.5. The average Bonchev–Trinajstić information content (AvgIpc) is 2.72. The summed E-state index contributed by atoms with van der Waals surface area (Å²) in [5.74, 6) is -0.156. The first-order valence-electron chi connectivity index (χ1n) is 4.03.